The minimum absolute atomic E-state index is 0.643. The summed E-state index contributed by atoms with van der Waals surface area (Å²) in [4.78, 5) is 12.0. The molecular weight excluding hydrogens is 236 g/mol. The molecule has 1 aromatic carbocycles. The number of aliphatic carboxylic acids is 1. The minimum atomic E-state index is -0.747. The van der Waals surface area contributed by atoms with E-state index in [1.165, 1.54) is 0 Å². The number of carboxylic acids is 1. The van der Waals surface area contributed by atoms with E-state index in [1.807, 2.05) is 24.3 Å². The van der Waals surface area contributed by atoms with E-state index in [0.717, 1.165) is 16.4 Å². The van der Waals surface area contributed by atoms with Gasteiger partial charge in [-0.15, -0.1) is 11.8 Å². The maximum Gasteiger partial charge on any atom is 0.309 e. The summed E-state index contributed by atoms with van der Waals surface area (Å²) in [7, 11) is 1.64. The van der Waals surface area contributed by atoms with E-state index in [-0.39, 0.29) is 0 Å². The van der Waals surface area contributed by atoms with Crippen molar-refractivity contribution in [1.29, 1.82) is 0 Å². The first-order chi connectivity index (χ1) is 7.95. The summed E-state index contributed by atoms with van der Waals surface area (Å²) >= 11 is 1.65. The first-order valence-corrected chi connectivity index (χ1v) is 6.44. The highest BCUT2D eigenvalue weighted by Gasteiger charge is 2.26. The lowest BCUT2D eigenvalue weighted by Crippen LogP contribution is -2.24. The number of rotatable bonds is 6. The van der Waals surface area contributed by atoms with Gasteiger partial charge in [-0.05, 0) is 44.2 Å². The fourth-order valence-electron chi connectivity index (χ4n) is 1.22. The van der Waals surface area contributed by atoms with Crippen LogP contribution in [-0.4, -0.2) is 23.9 Å². The van der Waals surface area contributed by atoms with Crippen LogP contribution in [0.4, 0.5) is 0 Å². The van der Waals surface area contributed by atoms with Crippen molar-refractivity contribution in [2.24, 2.45) is 5.41 Å². The van der Waals surface area contributed by atoms with Crippen LogP contribution in [0.3, 0.4) is 0 Å². The highest BCUT2D eigenvalue weighted by Crippen LogP contribution is 2.28. The molecule has 3 nitrogen and oxygen atoms in total. The molecule has 1 rings (SSSR count). The fourth-order valence-corrected chi connectivity index (χ4v) is 2.44. The second kappa shape index (κ2) is 5.96. The number of methoxy groups -OCH3 is 1. The Kier molecular flexibility index (Phi) is 4.87. The van der Waals surface area contributed by atoms with Gasteiger partial charge in [-0.2, -0.15) is 0 Å². The van der Waals surface area contributed by atoms with Crippen LogP contribution in [0.5, 0.6) is 5.75 Å². The molecule has 0 radical (unpaired) electrons. The molecule has 94 valence electrons. The van der Waals surface area contributed by atoms with E-state index in [1.54, 1.807) is 32.7 Å². The standard InChI is InChI=1S/C13H18O3S/c1-13(2,12(14)15)7-8-17-11-6-4-5-10(9-11)16-3/h4-6,9H,7-8H2,1-3H3,(H,14,15). The molecule has 4 heteroatoms. The Morgan fingerprint density at radius 1 is 1.47 bits per heavy atom. The summed E-state index contributed by atoms with van der Waals surface area (Å²) in [5.74, 6) is 0.864. The summed E-state index contributed by atoms with van der Waals surface area (Å²) in [5, 5.41) is 8.99. The molecule has 0 fully saturated rings. The van der Waals surface area contributed by atoms with Crippen LogP contribution in [-0.2, 0) is 4.79 Å². The van der Waals surface area contributed by atoms with Gasteiger partial charge in [0.25, 0.3) is 0 Å². The van der Waals surface area contributed by atoms with Gasteiger partial charge in [0.2, 0.25) is 0 Å². The van der Waals surface area contributed by atoms with E-state index < -0.39 is 11.4 Å². The number of carbonyl (C=O) groups is 1. The van der Waals surface area contributed by atoms with Gasteiger partial charge in [-0.1, -0.05) is 6.07 Å². The van der Waals surface area contributed by atoms with E-state index in [2.05, 4.69) is 0 Å². The van der Waals surface area contributed by atoms with E-state index in [4.69, 9.17) is 9.84 Å². The smallest absolute Gasteiger partial charge is 0.309 e. The average molecular weight is 254 g/mol. The molecular formula is C13H18O3S. The molecule has 0 aliphatic heterocycles. The quantitative estimate of drug-likeness (QED) is 0.791. The first kappa shape index (κ1) is 13.9. The van der Waals surface area contributed by atoms with Crippen molar-refractivity contribution in [3.8, 4) is 5.75 Å². The maximum atomic E-state index is 10.9. The Balaban J connectivity index is 2.48. The molecule has 0 unspecified atom stereocenters. The maximum absolute atomic E-state index is 10.9. The fraction of sp³-hybridized carbons (Fsp3) is 0.462. The molecule has 1 aromatic rings. The third-order valence-corrected chi connectivity index (χ3v) is 3.61. The Bertz CT molecular complexity index is 388. The third-order valence-electron chi connectivity index (χ3n) is 2.62. The van der Waals surface area contributed by atoms with Crippen molar-refractivity contribution in [3.63, 3.8) is 0 Å². The van der Waals surface area contributed by atoms with Crippen LogP contribution in [0.25, 0.3) is 0 Å². The van der Waals surface area contributed by atoms with Gasteiger partial charge in [-0.25, -0.2) is 0 Å². The van der Waals surface area contributed by atoms with E-state index in [0.29, 0.717) is 6.42 Å². The largest absolute Gasteiger partial charge is 0.497 e. The second-order valence-corrected chi connectivity index (χ2v) is 5.63. The van der Waals surface area contributed by atoms with E-state index >= 15 is 0 Å². The highest BCUT2D eigenvalue weighted by molar-refractivity contribution is 7.99. The van der Waals surface area contributed by atoms with Gasteiger partial charge in [-0.3, -0.25) is 4.79 Å². The lowest BCUT2D eigenvalue weighted by Gasteiger charge is -2.18. The van der Waals surface area contributed by atoms with Crippen molar-refractivity contribution < 1.29 is 14.6 Å². The average Bonchev–Trinajstić information content (AvgIpc) is 2.29. The van der Waals surface area contributed by atoms with Gasteiger partial charge >= 0.3 is 5.97 Å². The molecule has 0 saturated heterocycles. The number of thioether (sulfide) groups is 1. The number of benzene rings is 1. The zero-order valence-corrected chi connectivity index (χ0v) is 11.2. The predicted octanol–water partition coefficient (Wildman–Crippen LogP) is 3.29. The number of hydrogen-bond acceptors (Lipinski definition) is 3. The molecule has 0 spiro atoms. The van der Waals surface area contributed by atoms with Gasteiger partial charge in [0, 0.05) is 4.90 Å². The summed E-state index contributed by atoms with van der Waals surface area (Å²) in [6.45, 7) is 3.50. The molecule has 0 aromatic heterocycles. The Hall–Kier alpha value is -1.16. The normalized spacial score (nSPS) is 11.2. The molecule has 17 heavy (non-hydrogen) atoms. The summed E-state index contributed by atoms with van der Waals surface area (Å²) in [6, 6.07) is 7.79. The van der Waals surface area contributed by atoms with Crippen molar-refractivity contribution >= 4 is 17.7 Å². The highest BCUT2D eigenvalue weighted by atomic mass is 32.2. The Morgan fingerprint density at radius 2 is 2.18 bits per heavy atom. The van der Waals surface area contributed by atoms with Crippen molar-refractivity contribution in [2.75, 3.05) is 12.9 Å². The molecule has 0 bridgehead atoms. The first-order valence-electron chi connectivity index (χ1n) is 5.46. The minimum Gasteiger partial charge on any atom is -0.497 e. The number of carboxylic acid groups (broad SMARTS) is 1. The molecule has 0 aliphatic carbocycles. The number of ether oxygens (including phenoxy) is 1. The van der Waals surface area contributed by atoms with Crippen LogP contribution in [0.2, 0.25) is 0 Å². The topological polar surface area (TPSA) is 46.5 Å². The van der Waals surface area contributed by atoms with Crippen molar-refractivity contribution in [2.45, 2.75) is 25.2 Å². The third kappa shape index (κ3) is 4.30. The van der Waals surface area contributed by atoms with Gasteiger partial charge in [0.05, 0.1) is 12.5 Å². The summed E-state index contributed by atoms with van der Waals surface area (Å²) in [6.07, 6.45) is 0.643. The zero-order chi connectivity index (χ0) is 12.9. The van der Waals surface area contributed by atoms with Crippen LogP contribution < -0.4 is 4.74 Å². The van der Waals surface area contributed by atoms with Crippen LogP contribution >= 0.6 is 11.8 Å². The van der Waals surface area contributed by atoms with E-state index in [9.17, 15) is 4.79 Å². The molecule has 0 aliphatic rings. The second-order valence-electron chi connectivity index (χ2n) is 4.47. The van der Waals surface area contributed by atoms with Crippen LogP contribution in [0, 0.1) is 5.41 Å². The molecule has 0 heterocycles. The lowest BCUT2D eigenvalue weighted by molar-refractivity contribution is -0.146. The SMILES string of the molecule is COc1cccc(SCCC(C)(C)C(=O)O)c1. The monoisotopic (exact) mass is 254 g/mol. The predicted molar refractivity (Wildman–Crippen MR) is 69.8 cm³/mol. The molecule has 0 amide bonds. The molecule has 0 atom stereocenters. The lowest BCUT2D eigenvalue weighted by atomic mass is 9.91. The van der Waals surface area contributed by atoms with Gasteiger partial charge in [0.1, 0.15) is 5.75 Å². The van der Waals surface area contributed by atoms with Crippen LogP contribution in [0.15, 0.2) is 29.2 Å². The summed E-state index contributed by atoms with van der Waals surface area (Å²) < 4.78 is 5.13. The van der Waals surface area contributed by atoms with Gasteiger partial charge < -0.3 is 9.84 Å². The van der Waals surface area contributed by atoms with Crippen LogP contribution in [0.1, 0.15) is 20.3 Å². The Labute approximate surface area is 106 Å². The zero-order valence-electron chi connectivity index (χ0n) is 10.4. The summed E-state index contributed by atoms with van der Waals surface area (Å²) in [5.41, 5.74) is -0.661. The molecule has 0 saturated carbocycles. The Morgan fingerprint density at radius 3 is 2.76 bits per heavy atom. The molecule has 1 N–H and O–H groups in total. The van der Waals surface area contributed by atoms with Gasteiger partial charge in [0.15, 0.2) is 0 Å². The van der Waals surface area contributed by atoms with Crippen molar-refractivity contribution in [3.05, 3.63) is 24.3 Å². The van der Waals surface area contributed by atoms with Crippen molar-refractivity contribution in [1.82, 2.24) is 0 Å². The number of hydrogen-bond donors (Lipinski definition) is 1.